The molecule has 0 saturated heterocycles. The number of hydrogen-bond donors (Lipinski definition) is 1. The molecule has 1 aromatic heterocycles. The van der Waals surface area contributed by atoms with Crippen molar-refractivity contribution in [3.63, 3.8) is 0 Å². The van der Waals surface area contributed by atoms with E-state index < -0.39 is 43.8 Å². The lowest BCUT2D eigenvalue weighted by molar-refractivity contribution is 0.0557. The van der Waals surface area contributed by atoms with Gasteiger partial charge in [0.25, 0.3) is 5.56 Å². The Morgan fingerprint density at radius 2 is 1.71 bits per heavy atom. The van der Waals surface area contributed by atoms with Crippen LogP contribution >= 0.6 is 15.9 Å². The van der Waals surface area contributed by atoms with Crippen molar-refractivity contribution in [2.24, 2.45) is 0 Å². The van der Waals surface area contributed by atoms with Gasteiger partial charge in [-0.15, -0.1) is 0 Å². The van der Waals surface area contributed by atoms with Crippen molar-refractivity contribution in [1.82, 2.24) is 9.55 Å². The molecule has 12 heteroatoms. The Hall–Kier alpha value is -2.67. The van der Waals surface area contributed by atoms with Crippen LogP contribution in [0.1, 0.15) is 31.3 Å². The summed E-state index contributed by atoms with van der Waals surface area (Å²) in [5.74, 6) is -2.96. The summed E-state index contributed by atoms with van der Waals surface area (Å²) in [6, 6.07) is 6.92. The highest BCUT2D eigenvalue weighted by Gasteiger charge is 2.32. The molecule has 188 valence electrons. The Balaban J connectivity index is 2.33. The van der Waals surface area contributed by atoms with E-state index in [2.05, 4.69) is 20.9 Å². The minimum absolute atomic E-state index is 0.00303. The van der Waals surface area contributed by atoms with Crippen LogP contribution in [0.25, 0.3) is 0 Å². The zero-order valence-electron chi connectivity index (χ0n) is 19.0. The van der Waals surface area contributed by atoms with Gasteiger partial charge in [-0.1, -0.05) is 15.9 Å². The van der Waals surface area contributed by atoms with E-state index in [-0.39, 0.29) is 35.6 Å². The predicted octanol–water partition coefficient (Wildman–Crippen LogP) is 3.98. The van der Waals surface area contributed by atoms with Crippen LogP contribution in [0.4, 0.5) is 8.78 Å². The van der Waals surface area contributed by atoms with Gasteiger partial charge in [0.2, 0.25) is 15.7 Å². The molecule has 0 saturated carbocycles. The smallest absolute Gasteiger partial charge is 0.277 e. The number of benzene rings is 2. The zero-order chi connectivity index (χ0) is 25.9. The average molecular weight is 573 g/mol. The van der Waals surface area contributed by atoms with E-state index in [0.717, 1.165) is 16.7 Å². The molecule has 0 aliphatic carbocycles. The van der Waals surface area contributed by atoms with Crippen LogP contribution < -0.4 is 5.56 Å². The van der Waals surface area contributed by atoms with Crippen LogP contribution in [0.5, 0.6) is 5.88 Å². The van der Waals surface area contributed by atoms with E-state index in [0.29, 0.717) is 10.5 Å². The molecule has 0 amide bonds. The summed E-state index contributed by atoms with van der Waals surface area (Å²) in [7, 11) is -3.22. The first-order valence-corrected chi connectivity index (χ1v) is 12.6. The lowest BCUT2D eigenvalue weighted by atomic mass is 10.1. The van der Waals surface area contributed by atoms with Gasteiger partial charge in [-0.2, -0.15) is 4.98 Å². The maximum absolute atomic E-state index is 14.0. The minimum atomic E-state index is -4.53. The third-order valence-corrected chi connectivity index (χ3v) is 7.29. The van der Waals surface area contributed by atoms with Gasteiger partial charge < -0.3 is 14.6 Å². The van der Waals surface area contributed by atoms with Gasteiger partial charge in [0.15, 0.2) is 4.90 Å². The number of aromatic nitrogens is 2. The van der Waals surface area contributed by atoms with Crippen LogP contribution in [0.3, 0.4) is 0 Å². The zero-order valence-corrected chi connectivity index (χ0v) is 21.4. The summed E-state index contributed by atoms with van der Waals surface area (Å²) in [4.78, 5) is 16.4. The first kappa shape index (κ1) is 26.9. The second-order valence-electron chi connectivity index (χ2n) is 7.85. The Bertz CT molecular complexity index is 1360. The second-order valence-corrected chi connectivity index (χ2v) is 10.6. The maximum Gasteiger partial charge on any atom is 0.277 e. The molecule has 1 atom stereocenters. The second kappa shape index (κ2) is 10.9. The Labute approximate surface area is 209 Å². The lowest BCUT2D eigenvalue weighted by Gasteiger charge is -2.24. The number of rotatable bonds is 9. The van der Waals surface area contributed by atoms with Crippen molar-refractivity contribution in [3.05, 3.63) is 80.3 Å². The maximum atomic E-state index is 14.0. The number of nitrogens with zero attached hydrogens (tertiary/aromatic N) is 2. The van der Waals surface area contributed by atoms with E-state index >= 15 is 0 Å². The van der Waals surface area contributed by atoms with Gasteiger partial charge in [-0.05, 0) is 55.8 Å². The number of ether oxygens (including phenoxy) is 2. The molecule has 0 bridgehead atoms. The third kappa shape index (κ3) is 5.95. The number of aromatic hydroxyl groups is 1. The van der Waals surface area contributed by atoms with Crippen molar-refractivity contribution in [3.8, 4) is 5.88 Å². The van der Waals surface area contributed by atoms with Gasteiger partial charge >= 0.3 is 0 Å². The first-order chi connectivity index (χ1) is 16.4. The summed E-state index contributed by atoms with van der Waals surface area (Å²) in [5, 5.41) is 10.6. The van der Waals surface area contributed by atoms with Gasteiger partial charge in [-0.25, -0.2) is 17.2 Å². The molecule has 35 heavy (non-hydrogen) atoms. The molecular weight excluding hydrogens is 550 g/mol. The molecule has 1 heterocycles. The highest BCUT2D eigenvalue weighted by atomic mass is 79.9. The number of hydrogen-bond acceptors (Lipinski definition) is 7. The molecule has 0 spiro atoms. The highest BCUT2D eigenvalue weighted by molar-refractivity contribution is 9.10. The molecule has 1 unspecified atom stereocenters. The molecule has 8 nitrogen and oxygen atoms in total. The van der Waals surface area contributed by atoms with Crippen molar-refractivity contribution in [2.45, 2.75) is 42.4 Å². The molecular formula is C23H23BrF2N2O6S. The Morgan fingerprint density at radius 3 is 2.26 bits per heavy atom. The molecule has 3 rings (SSSR count). The van der Waals surface area contributed by atoms with Crippen LogP contribution in [-0.4, -0.2) is 42.9 Å². The molecule has 3 aromatic rings. The van der Waals surface area contributed by atoms with Crippen molar-refractivity contribution in [1.29, 1.82) is 0 Å². The lowest BCUT2D eigenvalue weighted by Crippen LogP contribution is -2.35. The van der Waals surface area contributed by atoms with E-state index in [1.54, 1.807) is 13.8 Å². The summed E-state index contributed by atoms with van der Waals surface area (Å²) >= 11 is 3.21. The molecule has 0 aliphatic heterocycles. The standard InChI is InChI=1S/C23H23BrF2N2O6S/c1-13(2)34-12-20-27-22(29)21(35(31,32)18-6-4-15(24)5-7-18)23(30)28(20)19(11-33-3)14-8-16(25)10-17(26)9-14/h4-10,13,19,29H,11-12H2,1-3H3. The molecule has 0 fully saturated rings. The molecule has 0 aliphatic rings. The minimum Gasteiger partial charge on any atom is -0.492 e. The van der Waals surface area contributed by atoms with Gasteiger partial charge in [0.05, 0.1) is 23.6 Å². The number of sulfone groups is 1. The normalized spacial score (nSPS) is 12.8. The molecule has 2 aromatic carbocycles. The fraction of sp³-hybridized carbons (Fsp3) is 0.304. The Kier molecular flexibility index (Phi) is 8.42. The van der Waals surface area contributed by atoms with E-state index in [9.17, 15) is 27.1 Å². The first-order valence-electron chi connectivity index (χ1n) is 10.4. The van der Waals surface area contributed by atoms with Crippen LogP contribution in [0, 0.1) is 11.6 Å². The predicted molar refractivity (Wildman–Crippen MR) is 126 cm³/mol. The van der Waals surface area contributed by atoms with Gasteiger partial charge in [0, 0.05) is 17.6 Å². The quantitative estimate of drug-likeness (QED) is 0.413. The van der Waals surface area contributed by atoms with E-state index in [1.165, 1.54) is 31.4 Å². The van der Waals surface area contributed by atoms with Crippen molar-refractivity contribution >= 4 is 25.8 Å². The fourth-order valence-electron chi connectivity index (χ4n) is 3.43. The summed E-state index contributed by atoms with van der Waals surface area (Å²) in [6.45, 7) is 2.89. The Morgan fingerprint density at radius 1 is 1.11 bits per heavy atom. The van der Waals surface area contributed by atoms with E-state index in [4.69, 9.17) is 9.47 Å². The SMILES string of the molecule is COCC(c1cc(F)cc(F)c1)n1c(COC(C)C)nc(O)c(S(=O)(=O)c2ccc(Br)cc2)c1=O. The average Bonchev–Trinajstić information content (AvgIpc) is 2.76. The van der Waals surface area contributed by atoms with Crippen molar-refractivity contribution < 1.29 is 31.8 Å². The van der Waals surface area contributed by atoms with Crippen LogP contribution in [0.15, 0.2) is 61.5 Å². The monoisotopic (exact) mass is 572 g/mol. The van der Waals surface area contributed by atoms with Crippen LogP contribution in [0.2, 0.25) is 0 Å². The summed E-state index contributed by atoms with van der Waals surface area (Å²) < 4.78 is 67.0. The number of halogens is 3. The highest BCUT2D eigenvalue weighted by Crippen LogP contribution is 2.29. The van der Waals surface area contributed by atoms with Gasteiger partial charge in [-0.3, -0.25) is 9.36 Å². The number of methoxy groups -OCH3 is 1. The fourth-order valence-corrected chi connectivity index (χ4v) is 5.03. The van der Waals surface area contributed by atoms with Gasteiger partial charge in [0.1, 0.15) is 24.1 Å². The van der Waals surface area contributed by atoms with E-state index in [1.807, 2.05) is 0 Å². The molecule has 0 radical (unpaired) electrons. The summed E-state index contributed by atoms with van der Waals surface area (Å²) in [5.41, 5.74) is -1.15. The topological polar surface area (TPSA) is 108 Å². The van der Waals surface area contributed by atoms with Crippen molar-refractivity contribution in [2.75, 3.05) is 13.7 Å². The molecule has 1 N–H and O–H groups in total. The summed E-state index contributed by atoms with van der Waals surface area (Å²) in [6.07, 6.45) is -0.304. The third-order valence-electron chi connectivity index (χ3n) is 4.97. The van der Waals surface area contributed by atoms with Crippen LogP contribution in [-0.2, 0) is 25.9 Å². The largest absolute Gasteiger partial charge is 0.492 e.